The summed E-state index contributed by atoms with van der Waals surface area (Å²) in [6.07, 6.45) is 1.67. The van der Waals surface area contributed by atoms with Gasteiger partial charge in [0.05, 0.1) is 30.1 Å². The number of ether oxygens (including phenoxy) is 2. The van der Waals surface area contributed by atoms with E-state index in [1.807, 2.05) is 13.0 Å². The molecule has 1 atom stereocenters. The van der Waals surface area contributed by atoms with Gasteiger partial charge in [0, 0.05) is 25.2 Å². The van der Waals surface area contributed by atoms with E-state index in [0.29, 0.717) is 23.6 Å². The van der Waals surface area contributed by atoms with E-state index in [4.69, 9.17) is 20.9 Å². The normalized spacial score (nSPS) is 11.6. The predicted octanol–water partition coefficient (Wildman–Crippen LogP) is 2.92. The topological polar surface area (TPSA) is 163 Å². The number of hydrogen-bond acceptors (Lipinski definition) is 9. The van der Waals surface area contributed by atoms with Gasteiger partial charge in [0.1, 0.15) is 16.7 Å². The molecule has 0 aliphatic carbocycles. The maximum absolute atomic E-state index is 14.3. The van der Waals surface area contributed by atoms with Crippen molar-refractivity contribution in [3.8, 4) is 5.75 Å². The maximum Gasteiger partial charge on any atom is 0.273 e. The first-order valence-electron chi connectivity index (χ1n) is 12.1. The fourth-order valence-electron chi connectivity index (χ4n) is 4.09. The zero-order chi connectivity index (χ0) is 27.9. The number of primary amides is 1. The molecule has 0 saturated heterocycles. The molecule has 0 radical (unpaired) electrons. The Morgan fingerprint density at radius 1 is 1.13 bits per heavy atom. The van der Waals surface area contributed by atoms with E-state index in [9.17, 15) is 14.4 Å². The number of aromatic nitrogens is 2. The van der Waals surface area contributed by atoms with Crippen LogP contribution in [0.2, 0.25) is 0 Å². The average molecular weight is 549 g/mol. The van der Waals surface area contributed by atoms with Gasteiger partial charge in [-0.3, -0.25) is 24.3 Å². The molecule has 2 aromatic carbocycles. The van der Waals surface area contributed by atoms with Crippen LogP contribution in [0.25, 0.3) is 10.9 Å². The molecule has 2 heterocycles. The molecule has 0 spiro atoms. The number of nitrogen functional groups attached to an aromatic ring is 1. The molecule has 0 bridgehead atoms. The summed E-state index contributed by atoms with van der Waals surface area (Å²) in [6.45, 7) is 2.62. The van der Waals surface area contributed by atoms with E-state index >= 15 is 0 Å². The zero-order valence-corrected chi connectivity index (χ0v) is 22.2. The number of nitrogens with zero attached hydrogens (tertiary/aromatic N) is 3. The second kappa shape index (κ2) is 12.3. The summed E-state index contributed by atoms with van der Waals surface area (Å²) in [5.74, 6) is -1.60. The molecule has 0 aliphatic heterocycles. The van der Waals surface area contributed by atoms with E-state index in [1.165, 1.54) is 12.0 Å². The smallest absolute Gasteiger partial charge is 0.273 e. The number of methoxy groups -OCH3 is 1. The van der Waals surface area contributed by atoms with Gasteiger partial charge in [0.15, 0.2) is 5.69 Å². The fraction of sp³-hybridized carbons (Fsp3) is 0.222. The molecule has 2 aromatic heterocycles. The molecule has 4 aromatic rings. The lowest BCUT2D eigenvalue weighted by atomic mass is 10.00. The van der Waals surface area contributed by atoms with Crippen LogP contribution in [0.5, 0.6) is 5.75 Å². The van der Waals surface area contributed by atoms with Crippen molar-refractivity contribution in [1.82, 2.24) is 14.7 Å². The summed E-state index contributed by atoms with van der Waals surface area (Å²) in [6, 6.07) is 14.7. The zero-order valence-electron chi connectivity index (χ0n) is 21.4. The number of anilines is 2. The Morgan fingerprint density at radius 2 is 1.92 bits per heavy atom. The van der Waals surface area contributed by atoms with Gasteiger partial charge in [-0.25, -0.2) is 0 Å². The Balaban J connectivity index is 1.94. The quantitative estimate of drug-likeness (QED) is 0.241. The van der Waals surface area contributed by atoms with Crippen molar-refractivity contribution in [3.63, 3.8) is 0 Å². The Labute approximate surface area is 228 Å². The third kappa shape index (κ3) is 5.81. The van der Waals surface area contributed by atoms with Crippen LogP contribution in [0, 0.1) is 0 Å². The van der Waals surface area contributed by atoms with Crippen LogP contribution in [0.3, 0.4) is 0 Å². The van der Waals surface area contributed by atoms with Crippen molar-refractivity contribution >= 4 is 51.5 Å². The fourth-order valence-corrected chi connectivity index (χ4v) is 4.84. The van der Waals surface area contributed by atoms with Crippen molar-refractivity contribution < 1.29 is 23.9 Å². The summed E-state index contributed by atoms with van der Waals surface area (Å²) in [5, 5.41) is 3.63. The van der Waals surface area contributed by atoms with Crippen LogP contribution in [-0.2, 0) is 9.53 Å². The number of nitrogens with two attached hydrogens (primary N) is 2. The molecule has 12 heteroatoms. The van der Waals surface area contributed by atoms with E-state index < -0.39 is 23.8 Å². The number of carbonyl (C=O) groups excluding carboxylic acids is 3. The van der Waals surface area contributed by atoms with Crippen LogP contribution in [0.1, 0.15) is 38.7 Å². The second-order valence-corrected chi connectivity index (χ2v) is 9.13. The van der Waals surface area contributed by atoms with E-state index in [0.717, 1.165) is 22.4 Å². The highest BCUT2D eigenvalue weighted by Gasteiger charge is 2.37. The Morgan fingerprint density at radius 3 is 2.64 bits per heavy atom. The van der Waals surface area contributed by atoms with Gasteiger partial charge in [-0.15, -0.1) is 0 Å². The molecule has 202 valence electrons. The maximum atomic E-state index is 14.3. The minimum absolute atomic E-state index is 0.0350. The molecule has 39 heavy (non-hydrogen) atoms. The number of rotatable bonds is 11. The van der Waals surface area contributed by atoms with Crippen LogP contribution >= 0.6 is 11.5 Å². The first-order chi connectivity index (χ1) is 18.9. The van der Waals surface area contributed by atoms with Gasteiger partial charge in [-0.1, -0.05) is 24.3 Å². The van der Waals surface area contributed by atoms with Crippen LogP contribution in [0.15, 0.2) is 60.8 Å². The summed E-state index contributed by atoms with van der Waals surface area (Å²) in [7, 11) is 1.52. The molecular formula is C27H28N6O5S. The van der Waals surface area contributed by atoms with E-state index in [-0.39, 0.29) is 29.4 Å². The molecule has 11 nitrogen and oxygen atoms in total. The molecule has 1 unspecified atom stereocenters. The molecule has 3 amide bonds. The lowest BCUT2D eigenvalue weighted by Gasteiger charge is -2.32. The summed E-state index contributed by atoms with van der Waals surface area (Å²) in [5.41, 5.74) is 12.8. The van der Waals surface area contributed by atoms with Crippen LogP contribution in [-0.4, -0.2) is 53.9 Å². The van der Waals surface area contributed by atoms with Gasteiger partial charge in [-0.05, 0) is 54.4 Å². The number of fused-ring (bicyclic) bond motifs is 1. The number of hydrogen-bond donors (Lipinski definition) is 3. The highest BCUT2D eigenvalue weighted by molar-refractivity contribution is 7.09. The average Bonchev–Trinajstić information content (AvgIpc) is 3.33. The van der Waals surface area contributed by atoms with Gasteiger partial charge >= 0.3 is 0 Å². The number of carbonyl (C=O) groups is 3. The van der Waals surface area contributed by atoms with Crippen molar-refractivity contribution in [1.29, 1.82) is 0 Å². The first kappa shape index (κ1) is 27.5. The number of benzene rings is 2. The minimum Gasteiger partial charge on any atom is -0.492 e. The summed E-state index contributed by atoms with van der Waals surface area (Å²) < 4.78 is 14.9. The van der Waals surface area contributed by atoms with Crippen LogP contribution in [0.4, 0.5) is 11.4 Å². The lowest BCUT2D eigenvalue weighted by molar-refractivity contribution is -0.122. The molecule has 0 aliphatic rings. The third-order valence-corrected chi connectivity index (χ3v) is 6.70. The summed E-state index contributed by atoms with van der Waals surface area (Å²) >= 11 is 0.734. The largest absolute Gasteiger partial charge is 0.492 e. The Bertz CT molecular complexity index is 1510. The monoisotopic (exact) mass is 548 g/mol. The van der Waals surface area contributed by atoms with Gasteiger partial charge in [0.25, 0.3) is 11.8 Å². The molecule has 4 rings (SSSR count). The highest BCUT2D eigenvalue weighted by atomic mass is 32.1. The SMILES string of the molecule is CCOc1ccccc1N(C(=O)c1snc(C(N)=O)c1N)C(C(=O)NCCOC)c1ccc2ncccc2c1. The van der Waals surface area contributed by atoms with Crippen molar-refractivity contribution in [2.45, 2.75) is 13.0 Å². The molecular weight excluding hydrogens is 520 g/mol. The van der Waals surface area contributed by atoms with E-state index in [1.54, 1.807) is 54.7 Å². The molecule has 5 N–H and O–H groups in total. The van der Waals surface area contributed by atoms with Crippen molar-refractivity contribution in [2.75, 3.05) is 37.5 Å². The minimum atomic E-state index is -1.17. The highest BCUT2D eigenvalue weighted by Crippen LogP contribution is 2.38. The number of pyridine rings is 1. The first-order valence-corrected chi connectivity index (χ1v) is 12.9. The Hall–Kier alpha value is -4.55. The third-order valence-electron chi connectivity index (χ3n) is 5.85. The standard InChI is InChI=1S/C27H28N6O5S/c1-3-38-20-9-5-4-8-19(20)33(27(36)24-21(28)22(25(29)34)32-39-24)23(26(35)31-13-14-37-2)17-10-11-18-16(15-17)7-6-12-30-18/h4-12,15,23H,3,13-14,28H2,1-2H3,(H2,29,34)(H,31,35). The second-order valence-electron chi connectivity index (χ2n) is 8.36. The van der Waals surface area contributed by atoms with Gasteiger partial charge in [-0.2, -0.15) is 4.37 Å². The van der Waals surface area contributed by atoms with E-state index in [2.05, 4.69) is 14.7 Å². The Kier molecular flexibility index (Phi) is 8.69. The molecule has 0 saturated carbocycles. The van der Waals surface area contributed by atoms with Crippen LogP contribution < -0.4 is 26.4 Å². The molecule has 0 fully saturated rings. The van der Waals surface area contributed by atoms with Crippen molar-refractivity contribution in [3.05, 3.63) is 76.9 Å². The number of para-hydroxylation sites is 2. The number of nitrogens with one attached hydrogen (secondary N) is 1. The van der Waals surface area contributed by atoms with Gasteiger partial charge < -0.3 is 26.3 Å². The lowest BCUT2D eigenvalue weighted by Crippen LogP contribution is -2.45. The van der Waals surface area contributed by atoms with Gasteiger partial charge in [0.2, 0.25) is 5.91 Å². The van der Waals surface area contributed by atoms with Crippen molar-refractivity contribution in [2.24, 2.45) is 5.73 Å². The number of amides is 3. The summed E-state index contributed by atoms with van der Waals surface area (Å²) in [4.78, 5) is 45.6. The predicted molar refractivity (Wildman–Crippen MR) is 149 cm³/mol.